The van der Waals surface area contributed by atoms with Crippen molar-refractivity contribution in [3.8, 4) is 5.75 Å². The van der Waals surface area contributed by atoms with Crippen LogP contribution in [0.2, 0.25) is 5.02 Å². The van der Waals surface area contributed by atoms with E-state index in [1.165, 1.54) is 35.7 Å². The second-order valence-corrected chi connectivity index (χ2v) is 9.51. The summed E-state index contributed by atoms with van der Waals surface area (Å²) < 4.78 is 33.7. The van der Waals surface area contributed by atoms with Crippen molar-refractivity contribution in [2.24, 2.45) is 0 Å². The highest BCUT2D eigenvalue weighted by Gasteiger charge is 2.28. The van der Waals surface area contributed by atoms with Gasteiger partial charge in [-0.1, -0.05) is 60.1 Å². The van der Waals surface area contributed by atoms with E-state index in [-0.39, 0.29) is 28.1 Å². The lowest BCUT2D eigenvalue weighted by Gasteiger charge is -2.25. The molecule has 1 unspecified atom stereocenters. The van der Waals surface area contributed by atoms with Gasteiger partial charge in [0.1, 0.15) is 5.75 Å². The van der Waals surface area contributed by atoms with Gasteiger partial charge in [-0.15, -0.1) is 6.58 Å². The summed E-state index contributed by atoms with van der Waals surface area (Å²) in [5, 5.41) is 3.02. The third-order valence-electron chi connectivity index (χ3n) is 5.07. The van der Waals surface area contributed by atoms with Crippen LogP contribution < -0.4 is 14.4 Å². The minimum atomic E-state index is -4.06. The molecule has 3 rings (SSSR count). The molecule has 0 aliphatic heterocycles. The quantitative estimate of drug-likeness (QED) is 0.422. The van der Waals surface area contributed by atoms with E-state index in [4.69, 9.17) is 16.3 Å². The third kappa shape index (κ3) is 5.38. The van der Waals surface area contributed by atoms with Crippen molar-refractivity contribution in [1.29, 1.82) is 0 Å². The number of para-hydroxylation sites is 2. The number of hydrogen-bond donors (Lipinski definition) is 1. The molecule has 0 saturated heterocycles. The number of nitrogens with one attached hydrogen (secondary N) is 1. The van der Waals surface area contributed by atoms with E-state index in [9.17, 15) is 13.2 Å². The maximum absolute atomic E-state index is 13.6. The molecule has 172 valence electrons. The van der Waals surface area contributed by atoms with Crippen LogP contribution in [0, 0.1) is 0 Å². The van der Waals surface area contributed by atoms with Crippen LogP contribution in [0.4, 0.5) is 5.69 Å². The highest BCUT2D eigenvalue weighted by molar-refractivity contribution is 7.92. The molecule has 0 spiro atoms. The van der Waals surface area contributed by atoms with Gasteiger partial charge in [-0.25, -0.2) is 8.42 Å². The van der Waals surface area contributed by atoms with Crippen molar-refractivity contribution >= 4 is 33.2 Å². The molecular weight excluding hydrogens is 460 g/mol. The number of carbonyl (C=O) groups excluding carboxylic acids is 1. The lowest BCUT2D eigenvalue weighted by Crippen LogP contribution is -2.32. The van der Waals surface area contributed by atoms with Gasteiger partial charge in [-0.3, -0.25) is 9.10 Å². The first kappa shape index (κ1) is 24.4. The van der Waals surface area contributed by atoms with Crippen LogP contribution in [0.3, 0.4) is 0 Å². The maximum atomic E-state index is 13.6. The molecule has 0 bridgehead atoms. The van der Waals surface area contributed by atoms with Crippen LogP contribution in [0.15, 0.2) is 90.3 Å². The second-order valence-electron chi connectivity index (χ2n) is 7.24. The number of ether oxygens (including phenoxy) is 1. The van der Waals surface area contributed by atoms with Gasteiger partial charge < -0.3 is 10.1 Å². The number of sulfonamides is 1. The lowest BCUT2D eigenvalue weighted by molar-refractivity contribution is 0.0940. The molecule has 0 aromatic heterocycles. The topological polar surface area (TPSA) is 75.7 Å². The Hall–Kier alpha value is -3.29. The minimum absolute atomic E-state index is 0.0118. The number of rotatable bonds is 9. The summed E-state index contributed by atoms with van der Waals surface area (Å²) in [6, 6.07) is 20.0. The van der Waals surface area contributed by atoms with Crippen molar-refractivity contribution < 1.29 is 17.9 Å². The first-order valence-electron chi connectivity index (χ1n) is 10.2. The Morgan fingerprint density at radius 2 is 1.79 bits per heavy atom. The Bertz CT molecular complexity index is 1250. The predicted molar refractivity (Wildman–Crippen MR) is 131 cm³/mol. The van der Waals surface area contributed by atoms with Gasteiger partial charge >= 0.3 is 0 Å². The Labute approximate surface area is 199 Å². The highest BCUT2D eigenvalue weighted by Crippen LogP contribution is 2.33. The van der Waals surface area contributed by atoms with E-state index in [0.29, 0.717) is 11.4 Å². The number of methoxy groups -OCH3 is 1. The Balaban J connectivity index is 1.98. The first-order chi connectivity index (χ1) is 15.8. The summed E-state index contributed by atoms with van der Waals surface area (Å²) in [6.07, 6.45) is 1.48. The predicted octanol–water partition coefficient (Wildman–Crippen LogP) is 5.22. The van der Waals surface area contributed by atoms with Crippen LogP contribution in [0.5, 0.6) is 5.75 Å². The summed E-state index contributed by atoms with van der Waals surface area (Å²) in [5.41, 5.74) is 1.34. The van der Waals surface area contributed by atoms with Gasteiger partial charge in [0.05, 0.1) is 40.9 Å². The average Bonchev–Trinajstić information content (AvgIpc) is 2.83. The molecule has 33 heavy (non-hydrogen) atoms. The van der Waals surface area contributed by atoms with Crippen LogP contribution in [0.1, 0.15) is 28.9 Å². The molecular formula is C25H25ClN2O4S. The molecule has 0 fully saturated rings. The van der Waals surface area contributed by atoms with Crippen LogP contribution in [-0.2, 0) is 10.0 Å². The third-order valence-corrected chi connectivity index (χ3v) is 7.17. The standard InChI is InChI=1S/C25H25ClN2O4S/c1-4-16-28(23-12-8-9-13-24(23)32-3)33(30,31)20-14-15-22(26)21(17-20)25(29)27-18(2)19-10-6-5-7-11-19/h4-15,17-18H,1,16H2,2-3H3,(H,27,29). The second kappa shape index (κ2) is 10.6. The zero-order valence-corrected chi connectivity index (χ0v) is 19.9. The molecule has 0 aliphatic rings. The van der Waals surface area contributed by atoms with Gasteiger partial charge in [-0.2, -0.15) is 0 Å². The molecule has 3 aromatic rings. The number of carbonyl (C=O) groups is 1. The van der Waals surface area contributed by atoms with E-state index >= 15 is 0 Å². The molecule has 1 atom stereocenters. The van der Waals surface area contributed by atoms with E-state index in [0.717, 1.165) is 5.56 Å². The smallest absolute Gasteiger partial charge is 0.264 e. The van der Waals surface area contributed by atoms with Gasteiger partial charge in [0.2, 0.25) is 0 Å². The van der Waals surface area contributed by atoms with Crippen molar-refractivity contribution in [2.75, 3.05) is 18.0 Å². The number of amides is 1. The highest BCUT2D eigenvalue weighted by atomic mass is 35.5. The van der Waals surface area contributed by atoms with Gasteiger partial charge in [0, 0.05) is 0 Å². The van der Waals surface area contributed by atoms with Crippen molar-refractivity contribution in [1.82, 2.24) is 5.32 Å². The van der Waals surface area contributed by atoms with Crippen molar-refractivity contribution in [2.45, 2.75) is 17.9 Å². The van der Waals surface area contributed by atoms with Crippen LogP contribution in [0.25, 0.3) is 0 Å². The van der Waals surface area contributed by atoms with Crippen molar-refractivity contribution in [3.63, 3.8) is 0 Å². The molecule has 0 radical (unpaired) electrons. The fourth-order valence-corrected chi connectivity index (χ4v) is 5.02. The zero-order chi connectivity index (χ0) is 24.0. The van der Waals surface area contributed by atoms with E-state index in [1.54, 1.807) is 24.3 Å². The summed E-state index contributed by atoms with van der Waals surface area (Å²) in [7, 11) is -2.59. The minimum Gasteiger partial charge on any atom is -0.495 e. The Morgan fingerprint density at radius 1 is 1.12 bits per heavy atom. The van der Waals surface area contributed by atoms with Gasteiger partial charge in [0.25, 0.3) is 15.9 Å². The molecule has 1 amide bonds. The van der Waals surface area contributed by atoms with E-state index in [2.05, 4.69) is 11.9 Å². The molecule has 6 nitrogen and oxygen atoms in total. The SMILES string of the molecule is C=CCN(c1ccccc1OC)S(=O)(=O)c1ccc(Cl)c(C(=O)NC(C)c2ccccc2)c1. The molecule has 8 heteroatoms. The molecule has 0 saturated carbocycles. The Kier molecular flexibility index (Phi) is 7.79. The fraction of sp³-hybridized carbons (Fsp3) is 0.160. The van der Waals surface area contributed by atoms with Crippen LogP contribution >= 0.6 is 11.6 Å². The molecule has 0 aliphatic carbocycles. The van der Waals surface area contributed by atoms with Gasteiger partial charge in [0.15, 0.2) is 0 Å². The Morgan fingerprint density at radius 3 is 2.45 bits per heavy atom. The average molecular weight is 485 g/mol. The number of anilines is 1. The van der Waals surface area contributed by atoms with Gasteiger partial charge in [-0.05, 0) is 42.8 Å². The first-order valence-corrected chi connectivity index (χ1v) is 12.0. The van der Waals surface area contributed by atoms with Crippen LogP contribution in [-0.4, -0.2) is 28.0 Å². The zero-order valence-electron chi connectivity index (χ0n) is 18.4. The molecule has 0 heterocycles. The summed E-state index contributed by atoms with van der Waals surface area (Å²) in [5.74, 6) is -0.0764. The van der Waals surface area contributed by atoms with E-state index < -0.39 is 15.9 Å². The normalized spacial score (nSPS) is 12.0. The monoisotopic (exact) mass is 484 g/mol. The summed E-state index contributed by atoms with van der Waals surface area (Å²) in [6.45, 7) is 5.53. The maximum Gasteiger partial charge on any atom is 0.264 e. The summed E-state index contributed by atoms with van der Waals surface area (Å²) >= 11 is 6.27. The van der Waals surface area contributed by atoms with E-state index in [1.807, 2.05) is 37.3 Å². The largest absolute Gasteiger partial charge is 0.495 e. The number of nitrogens with zero attached hydrogens (tertiary/aromatic N) is 1. The van der Waals surface area contributed by atoms with Crippen molar-refractivity contribution in [3.05, 3.63) is 102 Å². The lowest BCUT2D eigenvalue weighted by atomic mass is 10.1. The molecule has 1 N–H and O–H groups in total. The molecule has 3 aromatic carbocycles. The fourth-order valence-electron chi connectivity index (χ4n) is 3.34. The number of halogens is 1. The summed E-state index contributed by atoms with van der Waals surface area (Å²) in [4.78, 5) is 12.9. The number of hydrogen-bond acceptors (Lipinski definition) is 4. The number of benzene rings is 3.